The van der Waals surface area contributed by atoms with Crippen LogP contribution in [0.25, 0.3) is 11.3 Å². The number of ether oxygens (including phenoxy) is 1. The van der Waals surface area contributed by atoms with Gasteiger partial charge in [-0.25, -0.2) is 14.4 Å². The van der Waals surface area contributed by atoms with E-state index in [2.05, 4.69) is 20.3 Å². The Bertz CT molecular complexity index is 1190. The molecule has 1 aliphatic rings. The van der Waals surface area contributed by atoms with Crippen molar-refractivity contribution in [3.8, 4) is 11.3 Å². The number of methoxy groups -OCH3 is 1. The van der Waals surface area contributed by atoms with E-state index in [1.165, 1.54) is 24.4 Å². The molecule has 1 aromatic carbocycles. The van der Waals surface area contributed by atoms with E-state index in [-0.39, 0.29) is 10.8 Å². The summed E-state index contributed by atoms with van der Waals surface area (Å²) in [5, 5.41) is 3.15. The van der Waals surface area contributed by atoms with Crippen LogP contribution in [0.5, 0.6) is 0 Å². The van der Waals surface area contributed by atoms with Crippen LogP contribution in [0.15, 0.2) is 42.6 Å². The minimum absolute atomic E-state index is 0.0216. The maximum atomic E-state index is 13.7. The van der Waals surface area contributed by atoms with Crippen LogP contribution in [-0.2, 0) is 10.9 Å². The van der Waals surface area contributed by atoms with Gasteiger partial charge in [0.15, 0.2) is 0 Å². The molecule has 12 heteroatoms. The second-order valence-electron chi connectivity index (χ2n) is 8.18. The van der Waals surface area contributed by atoms with Crippen LogP contribution in [0.3, 0.4) is 0 Å². The lowest BCUT2D eigenvalue weighted by atomic mass is 10.1. The summed E-state index contributed by atoms with van der Waals surface area (Å²) in [7, 11) is 1.62. The lowest BCUT2D eigenvalue weighted by Gasteiger charge is -2.37. The van der Waals surface area contributed by atoms with Crippen molar-refractivity contribution in [3.63, 3.8) is 0 Å². The first-order valence-electron chi connectivity index (χ1n) is 11.4. The number of nitrogens with zero attached hydrogens (tertiary/aromatic N) is 5. The van der Waals surface area contributed by atoms with Gasteiger partial charge in [-0.05, 0) is 36.8 Å². The van der Waals surface area contributed by atoms with Crippen molar-refractivity contribution >= 4 is 29.2 Å². The molecule has 3 heterocycles. The van der Waals surface area contributed by atoms with E-state index in [9.17, 15) is 17.6 Å². The summed E-state index contributed by atoms with van der Waals surface area (Å²) in [6.07, 6.45) is -2.38. The van der Waals surface area contributed by atoms with Crippen LogP contribution in [0, 0.1) is 5.82 Å². The van der Waals surface area contributed by atoms with E-state index >= 15 is 0 Å². The number of alkyl halides is 3. The van der Waals surface area contributed by atoms with Crippen molar-refractivity contribution in [1.29, 1.82) is 0 Å². The van der Waals surface area contributed by atoms with Crippen molar-refractivity contribution in [2.24, 2.45) is 0 Å². The predicted octanol–water partition coefficient (Wildman–Crippen LogP) is 5.12. The van der Waals surface area contributed by atoms with Crippen LogP contribution in [0.4, 0.5) is 35.1 Å². The van der Waals surface area contributed by atoms with Crippen molar-refractivity contribution in [2.45, 2.75) is 12.6 Å². The van der Waals surface area contributed by atoms with E-state index in [1.807, 2.05) is 4.90 Å². The first kappa shape index (κ1) is 25.9. The molecule has 1 aliphatic heterocycles. The zero-order chi connectivity index (χ0) is 25.7. The largest absolute Gasteiger partial charge is 0.419 e. The molecule has 0 aliphatic carbocycles. The molecule has 0 bridgehead atoms. The number of hydrogen-bond donors (Lipinski definition) is 1. The summed E-state index contributed by atoms with van der Waals surface area (Å²) in [6.45, 7) is 2.67. The van der Waals surface area contributed by atoms with Gasteiger partial charge in [0, 0.05) is 64.3 Å². The van der Waals surface area contributed by atoms with E-state index in [0.717, 1.165) is 12.5 Å². The van der Waals surface area contributed by atoms with Crippen molar-refractivity contribution < 1.29 is 22.3 Å². The molecule has 2 aromatic heterocycles. The summed E-state index contributed by atoms with van der Waals surface area (Å²) >= 11 is 5.98. The van der Waals surface area contributed by atoms with E-state index in [4.69, 9.17) is 16.3 Å². The van der Waals surface area contributed by atoms with Gasteiger partial charge < -0.3 is 19.9 Å². The third kappa shape index (κ3) is 6.14. The smallest absolute Gasteiger partial charge is 0.385 e. The second kappa shape index (κ2) is 11.3. The third-order valence-electron chi connectivity index (χ3n) is 5.73. The first-order valence-corrected chi connectivity index (χ1v) is 11.7. The topological polar surface area (TPSA) is 66.4 Å². The normalized spacial score (nSPS) is 14.3. The molecule has 0 unspecified atom stereocenters. The summed E-state index contributed by atoms with van der Waals surface area (Å²) in [6, 6.07) is 8.44. The average Bonchev–Trinajstić information content (AvgIpc) is 2.88. The first-order chi connectivity index (χ1) is 17.3. The molecule has 4 rings (SSSR count). The fourth-order valence-electron chi connectivity index (χ4n) is 3.91. The Morgan fingerprint density at radius 2 is 1.81 bits per heavy atom. The zero-order valence-electron chi connectivity index (χ0n) is 19.5. The summed E-state index contributed by atoms with van der Waals surface area (Å²) < 4.78 is 59.1. The molecule has 0 spiro atoms. The van der Waals surface area contributed by atoms with E-state index in [1.54, 1.807) is 24.1 Å². The predicted molar refractivity (Wildman–Crippen MR) is 131 cm³/mol. The number of benzene rings is 1. The molecule has 192 valence electrons. The molecular formula is C24H25ClF4N6O. The fraction of sp³-hybridized carbons (Fsp3) is 0.375. The van der Waals surface area contributed by atoms with Crippen molar-refractivity contribution in [1.82, 2.24) is 15.0 Å². The number of nitrogens with one attached hydrogen (secondary N) is 1. The number of halogens is 5. The lowest BCUT2D eigenvalue weighted by molar-refractivity contribution is -0.137. The van der Waals surface area contributed by atoms with Crippen LogP contribution < -0.4 is 15.1 Å². The van der Waals surface area contributed by atoms with Gasteiger partial charge in [-0.1, -0.05) is 11.6 Å². The van der Waals surface area contributed by atoms with Gasteiger partial charge in [-0.15, -0.1) is 0 Å². The Labute approximate surface area is 211 Å². The molecular weight excluding hydrogens is 500 g/mol. The highest BCUT2D eigenvalue weighted by Gasteiger charge is 2.36. The number of rotatable bonds is 8. The fourth-order valence-corrected chi connectivity index (χ4v) is 4.09. The monoisotopic (exact) mass is 524 g/mol. The minimum Gasteiger partial charge on any atom is -0.385 e. The summed E-state index contributed by atoms with van der Waals surface area (Å²) in [5.74, 6) is 0.378. The molecule has 0 radical (unpaired) electrons. The Kier molecular flexibility index (Phi) is 8.10. The van der Waals surface area contributed by atoms with Gasteiger partial charge in [0.05, 0.1) is 16.3 Å². The molecule has 1 saturated heterocycles. The highest BCUT2D eigenvalue weighted by molar-refractivity contribution is 6.31. The number of piperazine rings is 1. The van der Waals surface area contributed by atoms with Gasteiger partial charge >= 0.3 is 6.18 Å². The summed E-state index contributed by atoms with van der Waals surface area (Å²) in [4.78, 5) is 16.8. The van der Waals surface area contributed by atoms with Crippen molar-refractivity contribution in [3.05, 3.63) is 59.0 Å². The van der Waals surface area contributed by atoms with E-state index < -0.39 is 17.6 Å². The Morgan fingerprint density at radius 3 is 2.50 bits per heavy atom. The molecule has 0 amide bonds. The molecule has 0 saturated carbocycles. The van der Waals surface area contributed by atoms with E-state index in [0.29, 0.717) is 62.4 Å². The Hall–Kier alpha value is -3.18. The van der Waals surface area contributed by atoms with Crippen LogP contribution in [-0.4, -0.2) is 61.4 Å². The maximum Gasteiger partial charge on any atom is 0.419 e. The van der Waals surface area contributed by atoms with Gasteiger partial charge in [0.25, 0.3) is 0 Å². The quantitative estimate of drug-likeness (QED) is 0.324. The number of anilines is 3. The van der Waals surface area contributed by atoms with Gasteiger partial charge in [-0.2, -0.15) is 18.2 Å². The molecule has 1 N–H and O–H groups in total. The molecule has 7 nitrogen and oxygen atoms in total. The molecule has 0 atom stereocenters. The van der Waals surface area contributed by atoms with Gasteiger partial charge in [0.1, 0.15) is 17.5 Å². The van der Waals surface area contributed by atoms with Crippen molar-refractivity contribution in [2.75, 3.05) is 61.6 Å². The number of hydrogen-bond acceptors (Lipinski definition) is 7. The zero-order valence-corrected chi connectivity index (χ0v) is 20.3. The maximum absolute atomic E-state index is 13.7. The summed E-state index contributed by atoms with van der Waals surface area (Å²) in [5.41, 5.74) is 0.410. The Morgan fingerprint density at radius 1 is 1.06 bits per heavy atom. The van der Waals surface area contributed by atoms with Crippen LogP contribution in [0.2, 0.25) is 5.02 Å². The third-order valence-corrected chi connectivity index (χ3v) is 6.02. The van der Waals surface area contributed by atoms with Gasteiger partial charge in [-0.3, -0.25) is 0 Å². The van der Waals surface area contributed by atoms with Gasteiger partial charge in [0.2, 0.25) is 5.95 Å². The average molecular weight is 525 g/mol. The number of aromatic nitrogens is 3. The molecule has 1 fully saturated rings. The van der Waals surface area contributed by atoms with Crippen LogP contribution >= 0.6 is 11.6 Å². The standard InChI is InChI=1S/C24H25ClF4N6O/c1-36-13-3-8-31-23-32-20(16-5-6-19(26)18(25)14-16)15-21(33-23)34-9-11-35(12-10-34)22-17(24(27,28)29)4-2-7-30-22/h2,4-7,14-15H,3,8-13H2,1H3,(H,31,32,33). The SMILES string of the molecule is COCCCNc1nc(-c2ccc(F)c(Cl)c2)cc(N2CCN(c3ncccc3C(F)(F)F)CC2)n1. The lowest BCUT2D eigenvalue weighted by Crippen LogP contribution is -2.47. The highest BCUT2D eigenvalue weighted by atomic mass is 35.5. The number of pyridine rings is 1. The molecule has 3 aromatic rings. The minimum atomic E-state index is -4.48. The highest BCUT2D eigenvalue weighted by Crippen LogP contribution is 2.36. The Balaban J connectivity index is 1.56. The second-order valence-corrected chi connectivity index (χ2v) is 8.59. The van der Waals surface area contributed by atoms with Crippen LogP contribution in [0.1, 0.15) is 12.0 Å². The molecule has 36 heavy (non-hydrogen) atoms.